The number of hydrogen-bond acceptors (Lipinski definition) is 1. The van der Waals surface area contributed by atoms with Crippen LogP contribution in [0.25, 0.3) is 0 Å². The van der Waals surface area contributed by atoms with Gasteiger partial charge in [0.25, 0.3) is 0 Å². The lowest BCUT2D eigenvalue weighted by Crippen LogP contribution is -2.47. The molecular weight excluding hydrogens is 699 g/mol. The van der Waals surface area contributed by atoms with E-state index in [1.807, 2.05) is 45.2 Å². The predicted molar refractivity (Wildman–Crippen MR) is 134 cm³/mol. The molecule has 0 aromatic heterocycles. The number of halogens is 8. The number of rotatable bonds is 2. The highest BCUT2D eigenvalue weighted by molar-refractivity contribution is 14.1. The summed E-state index contributed by atoms with van der Waals surface area (Å²) in [5.74, 6) is 11.5. The van der Waals surface area contributed by atoms with Crippen molar-refractivity contribution in [3.05, 3.63) is 39.4 Å². The third-order valence-electron chi connectivity index (χ3n) is 3.73. The third kappa shape index (κ3) is 4.63. The fraction of sp³-hybridized carbons (Fsp3) is 0.333. The average molecular weight is 709 g/mol. The first-order valence-electron chi connectivity index (χ1n) is 7.30. The first kappa shape index (κ1) is 24.5. The van der Waals surface area contributed by atoms with Gasteiger partial charge >= 0.3 is 0 Å². The lowest BCUT2D eigenvalue weighted by Gasteiger charge is -2.39. The quantitative estimate of drug-likeness (QED) is 0.162. The molecule has 0 N–H and O–H groups in total. The van der Waals surface area contributed by atoms with Gasteiger partial charge in [0, 0.05) is 7.16 Å². The zero-order valence-electron chi connectivity index (χ0n) is 13.7. The van der Waals surface area contributed by atoms with Crippen LogP contribution in [0.4, 0.5) is 0 Å². The maximum Gasteiger partial charge on any atom is 0.166 e. The number of allylic oxidation sites excluding steroid dienone is 4. The highest BCUT2D eigenvalue weighted by Crippen LogP contribution is 2.50. The van der Waals surface area contributed by atoms with Gasteiger partial charge in [0.05, 0.1) is 20.1 Å². The second-order valence-corrected chi connectivity index (χ2v) is 10.4. The topological polar surface area (TPSA) is 9.23 Å². The molecule has 0 fully saturated rings. The first-order chi connectivity index (χ1) is 12.5. The SMILES string of the molecule is CC#CC1(Cl)C(I)=C(Cl)C(Cl)=CC1OC1C=C(Cl)C(Cl)=C(I)C1(Cl)C#CC. The van der Waals surface area contributed by atoms with Gasteiger partial charge in [-0.2, -0.15) is 0 Å². The van der Waals surface area contributed by atoms with Crippen molar-refractivity contribution in [2.24, 2.45) is 0 Å². The summed E-state index contributed by atoms with van der Waals surface area (Å²) in [4.78, 5) is -2.45. The van der Waals surface area contributed by atoms with Gasteiger partial charge < -0.3 is 4.74 Å². The molecule has 0 aromatic carbocycles. The molecule has 0 saturated heterocycles. The van der Waals surface area contributed by atoms with Crippen LogP contribution in [0, 0.1) is 23.7 Å². The van der Waals surface area contributed by atoms with Gasteiger partial charge in [0.15, 0.2) is 9.75 Å². The Kier molecular flexibility index (Phi) is 8.70. The summed E-state index contributed by atoms with van der Waals surface area (Å²) >= 11 is 42.7. The maximum atomic E-state index is 6.82. The number of hydrogen-bond donors (Lipinski definition) is 0. The molecule has 0 bridgehead atoms. The van der Waals surface area contributed by atoms with E-state index in [4.69, 9.17) is 74.3 Å². The van der Waals surface area contributed by atoms with Crippen molar-refractivity contribution in [1.82, 2.24) is 0 Å². The summed E-state index contributed by atoms with van der Waals surface area (Å²) in [7, 11) is 0. The molecule has 0 heterocycles. The Bertz CT molecular complexity index is 840. The van der Waals surface area contributed by atoms with Crippen molar-refractivity contribution in [1.29, 1.82) is 0 Å². The molecule has 0 amide bonds. The highest BCUT2D eigenvalue weighted by atomic mass is 127. The van der Waals surface area contributed by atoms with E-state index in [1.54, 1.807) is 26.0 Å². The van der Waals surface area contributed by atoms with E-state index in [-0.39, 0.29) is 0 Å². The minimum absolute atomic E-state index is 0.316. The zero-order valence-corrected chi connectivity index (χ0v) is 22.6. The minimum atomic E-state index is -1.22. The fourth-order valence-electron chi connectivity index (χ4n) is 2.46. The Morgan fingerprint density at radius 3 is 1.44 bits per heavy atom. The van der Waals surface area contributed by atoms with Crippen molar-refractivity contribution in [3.63, 3.8) is 0 Å². The van der Waals surface area contributed by atoms with Crippen molar-refractivity contribution in [2.75, 3.05) is 0 Å². The smallest absolute Gasteiger partial charge is 0.166 e. The molecule has 2 aliphatic rings. The first-order valence-corrected chi connectivity index (χ1v) is 11.7. The second kappa shape index (κ2) is 9.58. The molecule has 0 radical (unpaired) electrons. The van der Waals surface area contributed by atoms with Crippen LogP contribution in [-0.2, 0) is 4.74 Å². The van der Waals surface area contributed by atoms with E-state index >= 15 is 0 Å². The van der Waals surface area contributed by atoms with E-state index in [1.165, 1.54) is 0 Å². The van der Waals surface area contributed by atoms with Crippen molar-refractivity contribution in [3.8, 4) is 23.7 Å². The van der Waals surface area contributed by atoms with Crippen LogP contribution in [0.3, 0.4) is 0 Å². The molecule has 2 aliphatic carbocycles. The summed E-state index contributed by atoms with van der Waals surface area (Å²) in [6.07, 6.45) is 1.71. The molecule has 0 aromatic rings. The highest BCUT2D eigenvalue weighted by Gasteiger charge is 2.49. The second-order valence-electron chi connectivity index (χ2n) is 5.44. The van der Waals surface area contributed by atoms with Crippen LogP contribution in [-0.4, -0.2) is 22.0 Å². The summed E-state index contributed by atoms with van der Waals surface area (Å²) < 4.78 is 7.38. The molecule has 144 valence electrons. The van der Waals surface area contributed by atoms with Crippen molar-refractivity contribution in [2.45, 2.75) is 35.8 Å². The van der Waals surface area contributed by atoms with Crippen LogP contribution >= 0.6 is 115 Å². The Balaban J connectivity index is 2.55. The van der Waals surface area contributed by atoms with Crippen LogP contribution in [0.5, 0.6) is 0 Å². The summed E-state index contributed by atoms with van der Waals surface area (Å²) in [6, 6.07) is 0. The van der Waals surface area contributed by atoms with Crippen LogP contribution < -0.4 is 0 Å². The molecule has 0 aliphatic heterocycles. The molecule has 27 heavy (non-hydrogen) atoms. The normalized spacial score (nSPS) is 33.6. The molecule has 0 saturated carbocycles. The molecule has 1 nitrogen and oxygen atoms in total. The molecular formula is C18H10Cl6I2O. The molecule has 0 spiro atoms. The fourth-order valence-corrected chi connectivity index (χ4v) is 5.79. The van der Waals surface area contributed by atoms with Gasteiger partial charge in [-0.05, 0) is 71.2 Å². The van der Waals surface area contributed by atoms with Crippen molar-refractivity contribution >= 4 is 115 Å². The van der Waals surface area contributed by atoms with Gasteiger partial charge in [0.1, 0.15) is 12.2 Å². The third-order valence-corrected chi connectivity index (χ3v) is 10.4. The predicted octanol–water partition coefficient (Wildman–Crippen LogP) is 7.79. The van der Waals surface area contributed by atoms with Gasteiger partial charge in [-0.1, -0.05) is 81.4 Å². The van der Waals surface area contributed by atoms with Crippen LogP contribution in [0.2, 0.25) is 0 Å². The largest absolute Gasteiger partial charge is 0.360 e. The van der Waals surface area contributed by atoms with E-state index < -0.39 is 22.0 Å². The average Bonchev–Trinajstić information content (AvgIpc) is 2.61. The van der Waals surface area contributed by atoms with E-state index in [0.29, 0.717) is 27.3 Å². The van der Waals surface area contributed by atoms with E-state index in [2.05, 4.69) is 23.7 Å². The van der Waals surface area contributed by atoms with Crippen LogP contribution in [0.15, 0.2) is 39.4 Å². The number of ether oxygens (including phenoxy) is 1. The Morgan fingerprint density at radius 1 is 0.815 bits per heavy atom. The maximum absolute atomic E-state index is 6.82. The molecule has 4 atom stereocenters. The van der Waals surface area contributed by atoms with E-state index in [0.717, 1.165) is 0 Å². The minimum Gasteiger partial charge on any atom is -0.360 e. The zero-order chi connectivity index (χ0) is 20.6. The summed E-state index contributed by atoms with van der Waals surface area (Å²) in [5, 5.41) is 1.29. The van der Waals surface area contributed by atoms with Gasteiger partial charge in [-0.15, -0.1) is 11.8 Å². The Hall–Kier alpha value is 1.24. The standard InChI is InChI=1S/C18H10Cl6I2O/c1-3-5-17(23)11(7-9(19)13(21)15(17)25)27-12-8-10(20)14(22)16(26)18(12,24)6-4-2/h7-8,11-12H,1-2H3. The molecule has 2 rings (SSSR count). The van der Waals surface area contributed by atoms with Crippen LogP contribution in [0.1, 0.15) is 13.8 Å². The lowest BCUT2D eigenvalue weighted by atomic mass is 9.93. The number of alkyl halides is 2. The lowest BCUT2D eigenvalue weighted by molar-refractivity contribution is 0.0270. The van der Waals surface area contributed by atoms with Crippen molar-refractivity contribution < 1.29 is 4.74 Å². The van der Waals surface area contributed by atoms with Gasteiger partial charge in [-0.25, -0.2) is 0 Å². The summed E-state index contributed by atoms with van der Waals surface area (Å²) in [5.41, 5.74) is 0. The van der Waals surface area contributed by atoms with E-state index in [9.17, 15) is 0 Å². The Labute approximate surface area is 216 Å². The summed E-state index contributed by atoms with van der Waals surface area (Å²) in [6.45, 7) is 3.35. The Morgan fingerprint density at radius 2 is 1.15 bits per heavy atom. The van der Waals surface area contributed by atoms with Gasteiger partial charge in [-0.3, -0.25) is 0 Å². The van der Waals surface area contributed by atoms with Gasteiger partial charge in [0.2, 0.25) is 0 Å². The molecule has 9 heteroatoms. The monoisotopic (exact) mass is 706 g/mol. The molecule has 4 unspecified atom stereocenters.